The third-order valence-electron chi connectivity index (χ3n) is 5.68. The highest BCUT2D eigenvalue weighted by Crippen LogP contribution is 2.25. The fourth-order valence-corrected chi connectivity index (χ4v) is 4.07. The molecule has 1 N–H and O–H groups in total. The summed E-state index contributed by atoms with van der Waals surface area (Å²) >= 11 is 0. The van der Waals surface area contributed by atoms with Crippen LogP contribution in [0.4, 0.5) is 5.82 Å². The Kier molecular flexibility index (Phi) is 6.90. The van der Waals surface area contributed by atoms with E-state index in [1.165, 1.54) is 31.2 Å². The zero-order valence-electron chi connectivity index (χ0n) is 17.5. The summed E-state index contributed by atoms with van der Waals surface area (Å²) in [6, 6.07) is 10.3. The number of hydrogen-bond donors (Lipinski definition) is 1. The van der Waals surface area contributed by atoms with E-state index in [1.807, 2.05) is 29.1 Å². The Morgan fingerprint density at radius 1 is 1.03 bits per heavy atom. The molecule has 0 unspecified atom stereocenters. The van der Waals surface area contributed by atoms with Gasteiger partial charge >= 0.3 is 0 Å². The number of hydrogen-bond acceptors (Lipinski definition) is 5. The average molecular weight is 407 g/mol. The molecule has 1 saturated heterocycles. The summed E-state index contributed by atoms with van der Waals surface area (Å²) in [5, 5.41) is 8.51. The lowest BCUT2D eigenvalue weighted by atomic mass is 10.1. The maximum Gasteiger partial charge on any atom is 0.220 e. The van der Waals surface area contributed by atoms with Crippen LogP contribution in [0.2, 0.25) is 0 Å². The maximum atomic E-state index is 12.1. The number of benzene rings is 1. The SMILES string of the molecule is O=C(CCCc1ccccc1)NCCn1ncc2c(N3CCCCCC3)ncnc21. The number of nitrogens with one attached hydrogen (secondary N) is 1. The second-order valence-corrected chi connectivity index (χ2v) is 7.89. The Hall–Kier alpha value is -2.96. The molecule has 30 heavy (non-hydrogen) atoms. The Bertz CT molecular complexity index is 947. The van der Waals surface area contributed by atoms with Crippen LogP contribution in [0.15, 0.2) is 42.9 Å². The molecule has 0 spiro atoms. The minimum absolute atomic E-state index is 0.0854. The first-order chi connectivity index (χ1) is 14.8. The Morgan fingerprint density at radius 2 is 1.83 bits per heavy atom. The second-order valence-electron chi connectivity index (χ2n) is 7.89. The number of anilines is 1. The summed E-state index contributed by atoms with van der Waals surface area (Å²) in [5.41, 5.74) is 2.11. The molecule has 3 aromatic rings. The van der Waals surface area contributed by atoms with Gasteiger partial charge in [0.05, 0.1) is 18.1 Å². The van der Waals surface area contributed by atoms with Gasteiger partial charge in [-0.1, -0.05) is 43.2 Å². The normalized spacial score (nSPS) is 14.6. The fraction of sp³-hybridized carbons (Fsp3) is 0.478. The van der Waals surface area contributed by atoms with Crippen LogP contribution >= 0.6 is 0 Å². The first kappa shape index (κ1) is 20.3. The molecule has 1 fully saturated rings. The number of amides is 1. The Morgan fingerprint density at radius 3 is 2.63 bits per heavy atom. The van der Waals surface area contributed by atoms with Crippen molar-refractivity contribution in [2.45, 2.75) is 51.5 Å². The van der Waals surface area contributed by atoms with Crippen LogP contribution < -0.4 is 10.2 Å². The van der Waals surface area contributed by atoms with E-state index in [0.717, 1.165) is 42.8 Å². The lowest BCUT2D eigenvalue weighted by Crippen LogP contribution is -2.27. The van der Waals surface area contributed by atoms with Gasteiger partial charge in [-0.3, -0.25) is 4.79 Å². The van der Waals surface area contributed by atoms with Gasteiger partial charge in [0.1, 0.15) is 12.1 Å². The molecular weight excluding hydrogens is 376 g/mol. The Labute approximate surface area is 177 Å². The molecule has 0 bridgehead atoms. The van der Waals surface area contributed by atoms with Gasteiger partial charge in [0, 0.05) is 26.1 Å². The van der Waals surface area contributed by atoms with Gasteiger partial charge in [-0.2, -0.15) is 5.10 Å². The molecule has 0 radical (unpaired) electrons. The lowest BCUT2D eigenvalue weighted by molar-refractivity contribution is -0.121. The van der Waals surface area contributed by atoms with Crippen LogP contribution in [0.3, 0.4) is 0 Å². The standard InChI is InChI=1S/C23H30N6O/c30-21(12-8-11-19-9-4-3-5-10-19)24-13-16-29-23-20(17-27-29)22(25-18-26-23)28-14-6-1-2-7-15-28/h3-5,9-10,17-18H,1-2,6-8,11-16H2,(H,24,30). The van der Waals surface area contributed by atoms with Crippen molar-refractivity contribution in [3.05, 3.63) is 48.4 Å². The van der Waals surface area contributed by atoms with Crippen LogP contribution in [-0.4, -0.2) is 45.3 Å². The van der Waals surface area contributed by atoms with Gasteiger partial charge in [-0.05, 0) is 31.2 Å². The van der Waals surface area contributed by atoms with Crippen LogP contribution in [0.5, 0.6) is 0 Å². The van der Waals surface area contributed by atoms with E-state index in [-0.39, 0.29) is 5.91 Å². The molecule has 1 amide bonds. The minimum Gasteiger partial charge on any atom is -0.356 e. The molecule has 0 aliphatic carbocycles. The molecule has 1 aliphatic heterocycles. The van der Waals surface area contributed by atoms with E-state index < -0.39 is 0 Å². The number of carbonyl (C=O) groups is 1. The van der Waals surface area contributed by atoms with Crippen molar-refractivity contribution in [1.29, 1.82) is 0 Å². The molecule has 3 heterocycles. The highest BCUT2D eigenvalue weighted by atomic mass is 16.1. The zero-order chi connectivity index (χ0) is 20.6. The zero-order valence-corrected chi connectivity index (χ0v) is 17.5. The molecule has 158 valence electrons. The number of carbonyl (C=O) groups excluding carboxylic acids is 1. The number of rotatable bonds is 8. The summed E-state index contributed by atoms with van der Waals surface area (Å²) in [4.78, 5) is 23.5. The molecule has 2 aromatic heterocycles. The monoisotopic (exact) mass is 406 g/mol. The third kappa shape index (κ3) is 5.14. The molecule has 1 aromatic carbocycles. The summed E-state index contributed by atoms with van der Waals surface area (Å²) < 4.78 is 1.86. The third-order valence-corrected chi connectivity index (χ3v) is 5.68. The van der Waals surface area contributed by atoms with Gasteiger partial charge in [-0.25, -0.2) is 14.6 Å². The van der Waals surface area contributed by atoms with E-state index in [4.69, 9.17) is 0 Å². The molecule has 1 aliphatic rings. The predicted molar refractivity (Wildman–Crippen MR) is 118 cm³/mol. The first-order valence-electron chi connectivity index (χ1n) is 11.0. The van der Waals surface area contributed by atoms with Crippen molar-refractivity contribution < 1.29 is 4.79 Å². The predicted octanol–water partition coefficient (Wildman–Crippen LogP) is 3.35. The summed E-state index contributed by atoms with van der Waals surface area (Å²) in [6.45, 7) is 3.22. The quantitative estimate of drug-likeness (QED) is 0.621. The van der Waals surface area contributed by atoms with Gasteiger partial charge in [0.25, 0.3) is 0 Å². The number of fused-ring (bicyclic) bond motifs is 1. The minimum atomic E-state index is 0.0854. The molecule has 0 atom stereocenters. The molecule has 7 heteroatoms. The highest BCUT2D eigenvalue weighted by molar-refractivity contribution is 5.86. The smallest absolute Gasteiger partial charge is 0.220 e. The van der Waals surface area contributed by atoms with Gasteiger partial charge < -0.3 is 10.2 Å². The average Bonchev–Trinajstić information content (AvgIpc) is 3.00. The van der Waals surface area contributed by atoms with Crippen molar-refractivity contribution in [2.75, 3.05) is 24.5 Å². The number of nitrogens with zero attached hydrogens (tertiary/aromatic N) is 5. The van der Waals surface area contributed by atoms with Crippen molar-refractivity contribution in [3.63, 3.8) is 0 Å². The summed E-state index contributed by atoms with van der Waals surface area (Å²) in [5.74, 6) is 1.07. The lowest BCUT2D eigenvalue weighted by Gasteiger charge is -2.21. The van der Waals surface area contributed by atoms with Gasteiger partial charge in [-0.15, -0.1) is 0 Å². The Balaban J connectivity index is 1.29. The van der Waals surface area contributed by atoms with Crippen molar-refractivity contribution in [3.8, 4) is 0 Å². The summed E-state index contributed by atoms with van der Waals surface area (Å²) in [6.07, 6.45) is 10.8. The van der Waals surface area contributed by atoms with Crippen LogP contribution in [0, 0.1) is 0 Å². The first-order valence-corrected chi connectivity index (χ1v) is 11.0. The van der Waals surface area contributed by atoms with Crippen LogP contribution in [0.1, 0.15) is 44.1 Å². The highest BCUT2D eigenvalue weighted by Gasteiger charge is 2.17. The molecular formula is C23H30N6O. The van der Waals surface area contributed by atoms with Crippen LogP contribution in [0.25, 0.3) is 11.0 Å². The van der Waals surface area contributed by atoms with E-state index in [2.05, 4.69) is 37.4 Å². The van der Waals surface area contributed by atoms with E-state index in [9.17, 15) is 4.79 Å². The van der Waals surface area contributed by atoms with Crippen molar-refractivity contribution >= 4 is 22.8 Å². The topological polar surface area (TPSA) is 75.9 Å². The summed E-state index contributed by atoms with van der Waals surface area (Å²) in [7, 11) is 0. The van der Waals surface area contributed by atoms with Crippen molar-refractivity contribution in [2.24, 2.45) is 0 Å². The maximum absolute atomic E-state index is 12.1. The molecule has 0 saturated carbocycles. The van der Waals surface area contributed by atoms with Gasteiger partial charge in [0.15, 0.2) is 5.65 Å². The fourth-order valence-electron chi connectivity index (χ4n) is 4.07. The van der Waals surface area contributed by atoms with E-state index in [0.29, 0.717) is 19.5 Å². The van der Waals surface area contributed by atoms with E-state index >= 15 is 0 Å². The van der Waals surface area contributed by atoms with Crippen LogP contribution in [-0.2, 0) is 17.8 Å². The van der Waals surface area contributed by atoms with Crippen molar-refractivity contribution in [1.82, 2.24) is 25.1 Å². The van der Waals surface area contributed by atoms with Gasteiger partial charge in [0.2, 0.25) is 5.91 Å². The number of aromatic nitrogens is 4. The largest absolute Gasteiger partial charge is 0.356 e. The molecule has 4 rings (SSSR count). The second kappa shape index (κ2) is 10.2. The molecule has 7 nitrogen and oxygen atoms in total. The number of aryl methyl sites for hydroxylation is 1. The van der Waals surface area contributed by atoms with E-state index in [1.54, 1.807) is 6.33 Å².